The Hall–Kier alpha value is -2.00. The molecule has 0 heterocycles. The van der Waals surface area contributed by atoms with Gasteiger partial charge in [-0.2, -0.15) is 0 Å². The molecule has 0 spiro atoms. The highest BCUT2D eigenvalue weighted by Gasteiger charge is 2.30. The van der Waals surface area contributed by atoms with Gasteiger partial charge in [-0.15, -0.1) is 0 Å². The van der Waals surface area contributed by atoms with E-state index in [1.165, 1.54) is 0 Å². The van der Waals surface area contributed by atoms with Crippen molar-refractivity contribution >= 4 is 5.97 Å². The van der Waals surface area contributed by atoms with Crippen LogP contribution >= 0.6 is 0 Å². The predicted molar refractivity (Wildman–Crippen MR) is 66.5 cm³/mol. The van der Waals surface area contributed by atoms with Gasteiger partial charge in [0.1, 0.15) is 6.61 Å². The summed E-state index contributed by atoms with van der Waals surface area (Å²) in [7, 11) is 0. The molecule has 94 valence electrons. The van der Waals surface area contributed by atoms with Gasteiger partial charge in [0.25, 0.3) is 0 Å². The van der Waals surface area contributed by atoms with Crippen LogP contribution in [-0.4, -0.2) is 12.0 Å². The van der Waals surface area contributed by atoms with Gasteiger partial charge in [0.05, 0.1) is 5.92 Å². The van der Waals surface area contributed by atoms with Gasteiger partial charge in [-0.05, 0) is 30.4 Å². The van der Waals surface area contributed by atoms with E-state index >= 15 is 0 Å². The molecule has 0 aromatic heterocycles. The van der Waals surface area contributed by atoms with Gasteiger partial charge in [0, 0.05) is 11.0 Å². The number of rotatable bonds is 4. The summed E-state index contributed by atoms with van der Waals surface area (Å²) in [5.74, 6) is -0.307. The molecule has 1 aromatic carbocycles. The average molecular weight is 245 g/mol. The van der Waals surface area contributed by atoms with Crippen LogP contribution in [0.2, 0.25) is 0 Å². The van der Waals surface area contributed by atoms with Crippen LogP contribution in [0.15, 0.2) is 35.4 Å². The molecular weight excluding hydrogens is 230 g/mol. The molecule has 5 heteroatoms. The summed E-state index contributed by atoms with van der Waals surface area (Å²) in [5.41, 5.74) is 9.33. The number of azide groups is 1. The van der Waals surface area contributed by atoms with E-state index < -0.39 is 0 Å². The molecule has 18 heavy (non-hydrogen) atoms. The zero-order chi connectivity index (χ0) is 12.8. The molecule has 1 aliphatic rings. The maximum Gasteiger partial charge on any atom is 0.309 e. The molecule has 1 aliphatic carbocycles. The Balaban J connectivity index is 1.81. The van der Waals surface area contributed by atoms with Gasteiger partial charge in [0.2, 0.25) is 0 Å². The average Bonchev–Trinajstić information content (AvgIpc) is 2.86. The second-order valence-electron chi connectivity index (χ2n) is 4.46. The molecule has 0 aliphatic heterocycles. The van der Waals surface area contributed by atoms with Gasteiger partial charge < -0.3 is 4.74 Å². The van der Waals surface area contributed by atoms with Crippen molar-refractivity contribution in [3.8, 4) is 0 Å². The summed E-state index contributed by atoms with van der Waals surface area (Å²) < 4.78 is 5.26. The topological polar surface area (TPSA) is 75.1 Å². The van der Waals surface area contributed by atoms with E-state index in [2.05, 4.69) is 10.0 Å². The van der Waals surface area contributed by atoms with Crippen molar-refractivity contribution < 1.29 is 9.53 Å². The summed E-state index contributed by atoms with van der Waals surface area (Å²) in [6.07, 6.45) is 2.13. The Morgan fingerprint density at radius 2 is 2.17 bits per heavy atom. The van der Waals surface area contributed by atoms with Gasteiger partial charge in [-0.3, -0.25) is 4.79 Å². The smallest absolute Gasteiger partial charge is 0.309 e. The lowest BCUT2D eigenvalue weighted by Crippen LogP contribution is -2.15. The minimum absolute atomic E-state index is 0.0516. The van der Waals surface area contributed by atoms with Crippen molar-refractivity contribution in [3.63, 3.8) is 0 Å². The van der Waals surface area contributed by atoms with Gasteiger partial charge >= 0.3 is 5.97 Å². The number of ether oxygens (including phenoxy) is 1. The SMILES string of the molecule is [N-]=[N+]=N[C@H]1CC[C@H](C(=O)OCc2ccccc2)C1. The first-order valence-electron chi connectivity index (χ1n) is 6.04. The molecule has 0 radical (unpaired) electrons. The molecule has 2 rings (SSSR count). The maximum absolute atomic E-state index is 11.8. The van der Waals surface area contributed by atoms with E-state index in [4.69, 9.17) is 10.3 Å². The molecular formula is C13H15N3O2. The third-order valence-corrected chi connectivity index (χ3v) is 3.18. The largest absolute Gasteiger partial charge is 0.461 e. The molecule has 0 unspecified atom stereocenters. The summed E-state index contributed by atoms with van der Waals surface area (Å²) in [5, 5.41) is 3.65. The fourth-order valence-electron chi connectivity index (χ4n) is 2.20. The summed E-state index contributed by atoms with van der Waals surface area (Å²) in [6.45, 7) is 0.308. The number of benzene rings is 1. The Kier molecular flexibility index (Phi) is 4.20. The number of carbonyl (C=O) groups is 1. The van der Waals surface area contributed by atoms with Crippen molar-refractivity contribution in [3.05, 3.63) is 46.3 Å². The third-order valence-electron chi connectivity index (χ3n) is 3.18. The molecule has 1 saturated carbocycles. The zero-order valence-electron chi connectivity index (χ0n) is 10.0. The van der Waals surface area contributed by atoms with Crippen molar-refractivity contribution in [1.29, 1.82) is 0 Å². The lowest BCUT2D eigenvalue weighted by Gasteiger charge is -2.09. The zero-order valence-corrected chi connectivity index (χ0v) is 10.0. The summed E-state index contributed by atoms with van der Waals surface area (Å²) in [6, 6.07) is 9.54. The molecule has 1 fully saturated rings. The lowest BCUT2D eigenvalue weighted by atomic mass is 10.1. The van der Waals surface area contributed by atoms with E-state index in [0.717, 1.165) is 18.4 Å². The number of hydrogen-bond acceptors (Lipinski definition) is 3. The summed E-state index contributed by atoms with van der Waals surface area (Å²) in [4.78, 5) is 14.6. The quantitative estimate of drug-likeness (QED) is 0.353. The molecule has 0 saturated heterocycles. The molecule has 1 aromatic rings. The maximum atomic E-state index is 11.8. The highest BCUT2D eigenvalue weighted by Crippen LogP contribution is 2.29. The van der Waals surface area contributed by atoms with Crippen molar-refractivity contribution in [2.45, 2.75) is 31.9 Å². The first-order valence-corrected chi connectivity index (χ1v) is 6.04. The van der Waals surface area contributed by atoms with E-state index in [9.17, 15) is 4.79 Å². The fourth-order valence-corrected chi connectivity index (χ4v) is 2.20. The van der Waals surface area contributed by atoms with E-state index in [1.807, 2.05) is 30.3 Å². The lowest BCUT2D eigenvalue weighted by molar-refractivity contribution is -0.149. The van der Waals surface area contributed by atoms with Crippen LogP contribution in [-0.2, 0) is 16.1 Å². The van der Waals surface area contributed by atoms with Crippen LogP contribution in [0.1, 0.15) is 24.8 Å². The Morgan fingerprint density at radius 1 is 1.39 bits per heavy atom. The highest BCUT2D eigenvalue weighted by molar-refractivity contribution is 5.72. The van der Waals surface area contributed by atoms with E-state index in [0.29, 0.717) is 13.0 Å². The van der Waals surface area contributed by atoms with Gasteiger partial charge in [-0.1, -0.05) is 35.4 Å². The standard InChI is InChI=1S/C13H15N3O2/c14-16-15-12-7-6-11(8-12)13(17)18-9-10-4-2-1-3-5-10/h1-5,11-12H,6-9H2/t11-,12-/m0/s1. The molecule has 5 nitrogen and oxygen atoms in total. The number of nitrogens with zero attached hydrogens (tertiary/aromatic N) is 3. The minimum Gasteiger partial charge on any atom is -0.461 e. The normalized spacial score (nSPS) is 22.2. The highest BCUT2D eigenvalue weighted by atomic mass is 16.5. The van der Waals surface area contributed by atoms with Gasteiger partial charge in [-0.25, -0.2) is 0 Å². The minimum atomic E-state index is -0.186. The van der Waals surface area contributed by atoms with E-state index in [1.54, 1.807) is 0 Å². The van der Waals surface area contributed by atoms with Crippen LogP contribution in [0.3, 0.4) is 0 Å². The summed E-state index contributed by atoms with van der Waals surface area (Å²) >= 11 is 0. The monoisotopic (exact) mass is 245 g/mol. The molecule has 0 amide bonds. The van der Waals surface area contributed by atoms with Crippen molar-refractivity contribution in [1.82, 2.24) is 0 Å². The van der Waals surface area contributed by atoms with Crippen LogP contribution in [0, 0.1) is 5.92 Å². The first-order chi connectivity index (χ1) is 8.79. The number of esters is 1. The first kappa shape index (κ1) is 12.5. The molecule has 0 N–H and O–H groups in total. The van der Waals surface area contributed by atoms with Crippen LogP contribution in [0.25, 0.3) is 10.4 Å². The second kappa shape index (κ2) is 6.07. The Labute approximate surface area is 105 Å². The van der Waals surface area contributed by atoms with Gasteiger partial charge in [0.15, 0.2) is 0 Å². The van der Waals surface area contributed by atoms with E-state index in [-0.39, 0.29) is 17.9 Å². The molecule has 2 atom stereocenters. The van der Waals surface area contributed by atoms with Crippen molar-refractivity contribution in [2.24, 2.45) is 11.0 Å². The van der Waals surface area contributed by atoms with Crippen LogP contribution in [0.5, 0.6) is 0 Å². The number of carbonyl (C=O) groups excluding carboxylic acids is 1. The third kappa shape index (κ3) is 3.25. The Bertz CT molecular complexity index is 455. The molecule has 0 bridgehead atoms. The predicted octanol–water partition coefficient (Wildman–Crippen LogP) is 3.21. The number of hydrogen-bond donors (Lipinski definition) is 0. The van der Waals surface area contributed by atoms with Crippen LogP contribution in [0.4, 0.5) is 0 Å². The Morgan fingerprint density at radius 3 is 2.89 bits per heavy atom. The fraction of sp³-hybridized carbons (Fsp3) is 0.462. The van der Waals surface area contributed by atoms with Crippen LogP contribution < -0.4 is 0 Å². The second-order valence-corrected chi connectivity index (χ2v) is 4.46. The van der Waals surface area contributed by atoms with Crippen molar-refractivity contribution in [2.75, 3.05) is 0 Å².